The minimum absolute atomic E-state index is 0.00539. The summed E-state index contributed by atoms with van der Waals surface area (Å²) < 4.78 is 9.90. The number of aromatic nitrogens is 1. The number of pyridine rings is 1. The molecule has 1 heterocycles. The fraction of sp³-hybridized carbons (Fsp3) is 0.500. The summed E-state index contributed by atoms with van der Waals surface area (Å²) in [4.78, 5) is 15.2. The Kier molecular flexibility index (Phi) is 5.68. The normalized spacial score (nSPS) is 14.1. The predicted octanol–water partition coefficient (Wildman–Crippen LogP) is 1.54. The van der Waals surface area contributed by atoms with Gasteiger partial charge in [-0.25, -0.2) is 4.79 Å². The summed E-state index contributed by atoms with van der Waals surface area (Å²) in [7, 11) is 1.46. The molecule has 1 aromatic rings. The van der Waals surface area contributed by atoms with Crippen LogP contribution in [0.1, 0.15) is 24.6 Å². The van der Waals surface area contributed by atoms with Crippen molar-refractivity contribution in [3.63, 3.8) is 0 Å². The van der Waals surface area contributed by atoms with Gasteiger partial charge in [-0.3, -0.25) is 4.98 Å². The SMILES string of the molecule is CC[C@@](O)(C(=O)O)c1nccc(Cl)c1COCOC. The van der Waals surface area contributed by atoms with Gasteiger partial charge in [0.1, 0.15) is 6.79 Å². The van der Waals surface area contributed by atoms with Crippen LogP contribution in [0.15, 0.2) is 12.3 Å². The number of carboxylic acid groups (broad SMARTS) is 1. The minimum atomic E-state index is -2.09. The van der Waals surface area contributed by atoms with E-state index in [1.54, 1.807) is 6.92 Å². The molecule has 0 aromatic carbocycles. The first-order valence-electron chi connectivity index (χ1n) is 5.63. The number of aliphatic carboxylic acids is 1. The van der Waals surface area contributed by atoms with Crippen LogP contribution in [0.25, 0.3) is 0 Å². The van der Waals surface area contributed by atoms with Crippen molar-refractivity contribution in [3.8, 4) is 0 Å². The monoisotopic (exact) mass is 289 g/mol. The Bertz CT molecular complexity index is 454. The van der Waals surface area contributed by atoms with Gasteiger partial charge in [0.2, 0.25) is 5.60 Å². The number of hydrogen-bond donors (Lipinski definition) is 2. The number of nitrogens with zero attached hydrogens (tertiary/aromatic N) is 1. The zero-order valence-corrected chi connectivity index (χ0v) is 11.5. The number of rotatable bonds is 7. The highest BCUT2D eigenvalue weighted by atomic mass is 35.5. The molecular formula is C12H16ClNO5. The van der Waals surface area contributed by atoms with Crippen LogP contribution in [0.3, 0.4) is 0 Å². The van der Waals surface area contributed by atoms with Gasteiger partial charge in [0.15, 0.2) is 0 Å². The lowest BCUT2D eigenvalue weighted by Gasteiger charge is -2.24. The molecule has 7 heteroatoms. The predicted molar refractivity (Wildman–Crippen MR) is 67.7 cm³/mol. The molecule has 19 heavy (non-hydrogen) atoms. The summed E-state index contributed by atoms with van der Waals surface area (Å²) in [6.45, 7) is 1.59. The molecule has 0 fully saturated rings. The topological polar surface area (TPSA) is 88.9 Å². The molecule has 1 rings (SSSR count). The molecule has 1 aromatic heterocycles. The zero-order chi connectivity index (χ0) is 14.5. The van der Waals surface area contributed by atoms with E-state index < -0.39 is 11.6 Å². The first kappa shape index (κ1) is 15.8. The van der Waals surface area contributed by atoms with Crippen molar-refractivity contribution in [2.24, 2.45) is 0 Å². The molecule has 0 radical (unpaired) electrons. The molecular weight excluding hydrogens is 274 g/mol. The van der Waals surface area contributed by atoms with E-state index in [1.807, 2.05) is 0 Å². The Balaban J connectivity index is 3.19. The number of ether oxygens (including phenoxy) is 2. The fourth-order valence-electron chi connectivity index (χ4n) is 1.61. The number of hydrogen-bond acceptors (Lipinski definition) is 5. The maximum Gasteiger partial charge on any atom is 0.342 e. The van der Waals surface area contributed by atoms with Gasteiger partial charge >= 0.3 is 5.97 Å². The van der Waals surface area contributed by atoms with Crippen molar-refractivity contribution < 1.29 is 24.5 Å². The van der Waals surface area contributed by atoms with E-state index in [2.05, 4.69) is 4.98 Å². The Hall–Kier alpha value is -1.21. The van der Waals surface area contributed by atoms with Gasteiger partial charge in [0, 0.05) is 23.9 Å². The second-order valence-corrected chi connectivity index (χ2v) is 4.30. The number of carbonyl (C=O) groups is 1. The van der Waals surface area contributed by atoms with Crippen LogP contribution < -0.4 is 0 Å². The molecule has 0 amide bonds. The van der Waals surface area contributed by atoms with Crippen LogP contribution in [-0.4, -0.2) is 35.1 Å². The molecule has 0 saturated heterocycles. The number of carboxylic acids is 1. The molecule has 6 nitrogen and oxygen atoms in total. The number of aliphatic hydroxyl groups is 1. The molecule has 0 saturated carbocycles. The fourth-order valence-corrected chi connectivity index (χ4v) is 1.81. The van der Waals surface area contributed by atoms with Crippen molar-refractivity contribution in [1.29, 1.82) is 0 Å². The smallest absolute Gasteiger partial charge is 0.342 e. The maximum absolute atomic E-state index is 11.2. The van der Waals surface area contributed by atoms with Gasteiger partial charge in [0.25, 0.3) is 0 Å². The summed E-state index contributed by atoms with van der Waals surface area (Å²) in [5.74, 6) is -1.38. The van der Waals surface area contributed by atoms with Gasteiger partial charge in [-0.15, -0.1) is 0 Å². The lowest BCUT2D eigenvalue weighted by molar-refractivity contribution is -0.160. The van der Waals surface area contributed by atoms with Crippen molar-refractivity contribution in [1.82, 2.24) is 4.98 Å². The second-order valence-electron chi connectivity index (χ2n) is 3.89. The van der Waals surface area contributed by atoms with Gasteiger partial charge < -0.3 is 19.7 Å². The second kappa shape index (κ2) is 6.81. The van der Waals surface area contributed by atoms with E-state index in [9.17, 15) is 15.0 Å². The van der Waals surface area contributed by atoms with Crippen LogP contribution in [0, 0.1) is 0 Å². The third-order valence-electron chi connectivity index (χ3n) is 2.70. The Labute approximate surface area is 115 Å². The van der Waals surface area contributed by atoms with E-state index in [4.69, 9.17) is 21.1 Å². The lowest BCUT2D eigenvalue weighted by atomic mass is 9.92. The minimum Gasteiger partial charge on any atom is -0.479 e. The molecule has 106 valence electrons. The molecule has 0 aliphatic rings. The van der Waals surface area contributed by atoms with E-state index in [1.165, 1.54) is 19.4 Å². The Morgan fingerprint density at radius 2 is 2.26 bits per heavy atom. The summed E-state index contributed by atoms with van der Waals surface area (Å²) >= 11 is 6.01. The highest BCUT2D eigenvalue weighted by Gasteiger charge is 2.40. The van der Waals surface area contributed by atoms with Crippen LogP contribution in [0.5, 0.6) is 0 Å². The molecule has 2 N–H and O–H groups in total. The number of methoxy groups -OCH3 is 1. The number of halogens is 1. The highest BCUT2D eigenvalue weighted by molar-refractivity contribution is 6.31. The van der Waals surface area contributed by atoms with Crippen molar-refractivity contribution in [2.45, 2.75) is 25.6 Å². The first-order valence-corrected chi connectivity index (χ1v) is 6.01. The van der Waals surface area contributed by atoms with Gasteiger partial charge in [-0.05, 0) is 12.5 Å². The summed E-state index contributed by atoms with van der Waals surface area (Å²) in [6, 6.07) is 1.51. The summed E-state index contributed by atoms with van der Waals surface area (Å²) in [5.41, 5.74) is -1.75. The molecule has 0 unspecified atom stereocenters. The van der Waals surface area contributed by atoms with Crippen LogP contribution in [-0.2, 0) is 26.5 Å². The standard InChI is InChI=1S/C12H16ClNO5/c1-3-12(17,11(15)16)10-8(6-19-7-18-2)9(13)4-5-14-10/h4-5,17H,3,6-7H2,1-2H3,(H,15,16)/t12-/m0/s1. The van der Waals surface area contributed by atoms with Crippen molar-refractivity contribution >= 4 is 17.6 Å². The maximum atomic E-state index is 11.2. The van der Waals surface area contributed by atoms with E-state index in [-0.39, 0.29) is 30.5 Å². The van der Waals surface area contributed by atoms with E-state index in [0.29, 0.717) is 5.56 Å². The lowest BCUT2D eigenvalue weighted by Crippen LogP contribution is -2.37. The third kappa shape index (κ3) is 3.42. The van der Waals surface area contributed by atoms with Crippen molar-refractivity contribution in [2.75, 3.05) is 13.9 Å². The average Bonchev–Trinajstić information content (AvgIpc) is 2.39. The average molecular weight is 290 g/mol. The zero-order valence-electron chi connectivity index (χ0n) is 10.7. The van der Waals surface area contributed by atoms with Gasteiger partial charge in [-0.1, -0.05) is 18.5 Å². The molecule has 0 bridgehead atoms. The van der Waals surface area contributed by atoms with E-state index in [0.717, 1.165) is 0 Å². The first-order chi connectivity index (χ1) is 8.97. The van der Waals surface area contributed by atoms with Gasteiger partial charge in [0.05, 0.1) is 12.3 Å². The summed E-state index contributed by atoms with van der Waals surface area (Å²) in [6.07, 6.45) is 1.31. The molecule has 0 spiro atoms. The highest BCUT2D eigenvalue weighted by Crippen LogP contribution is 2.30. The Morgan fingerprint density at radius 3 is 2.79 bits per heavy atom. The molecule has 1 atom stereocenters. The van der Waals surface area contributed by atoms with Crippen LogP contribution >= 0.6 is 11.6 Å². The van der Waals surface area contributed by atoms with Gasteiger partial charge in [-0.2, -0.15) is 0 Å². The largest absolute Gasteiger partial charge is 0.479 e. The molecule has 0 aliphatic carbocycles. The Morgan fingerprint density at radius 1 is 1.58 bits per heavy atom. The molecule has 0 aliphatic heterocycles. The summed E-state index contributed by atoms with van der Waals surface area (Å²) in [5, 5.41) is 19.7. The van der Waals surface area contributed by atoms with E-state index >= 15 is 0 Å². The van der Waals surface area contributed by atoms with Crippen LogP contribution in [0.4, 0.5) is 0 Å². The van der Waals surface area contributed by atoms with Crippen LogP contribution in [0.2, 0.25) is 5.02 Å². The quantitative estimate of drug-likeness (QED) is 0.585. The van der Waals surface area contributed by atoms with Crippen molar-refractivity contribution in [3.05, 3.63) is 28.5 Å². The third-order valence-corrected chi connectivity index (χ3v) is 3.06.